The van der Waals surface area contributed by atoms with Gasteiger partial charge in [0.05, 0.1) is 5.75 Å². The first-order valence-corrected chi connectivity index (χ1v) is 7.98. The molecule has 1 unspecified atom stereocenters. The van der Waals surface area contributed by atoms with Gasteiger partial charge in [-0.2, -0.15) is 0 Å². The quantitative estimate of drug-likeness (QED) is 0.866. The van der Waals surface area contributed by atoms with Crippen molar-refractivity contribution in [1.82, 2.24) is 4.90 Å². The van der Waals surface area contributed by atoms with Crippen molar-refractivity contribution < 1.29 is 9.90 Å². The first-order valence-electron chi connectivity index (χ1n) is 5.81. The van der Waals surface area contributed by atoms with Gasteiger partial charge >= 0.3 is 0 Å². The molecule has 0 radical (unpaired) electrons. The topological polar surface area (TPSA) is 40.5 Å². The average Bonchev–Trinajstić information content (AvgIpc) is 2.68. The number of amides is 1. The van der Waals surface area contributed by atoms with Gasteiger partial charge in [0.1, 0.15) is 11.1 Å². The largest absolute Gasteiger partial charge is 0.507 e. The number of phenolic OH excluding ortho intramolecular Hbond substituents is 1. The predicted octanol–water partition coefficient (Wildman–Crippen LogP) is 2.98. The van der Waals surface area contributed by atoms with Gasteiger partial charge in [0.25, 0.3) is 0 Å². The van der Waals surface area contributed by atoms with E-state index in [-0.39, 0.29) is 11.3 Å². The molecule has 1 saturated heterocycles. The zero-order valence-corrected chi connectivity index (χ0v) is 12.8. The van der Waals surface area contributed by atoms with Crippen LogP contribution < -0.4 is 0 Å². The summed E-state index contributed by atoms with van der Waals surface area (Å²) in [5.41, 5.74) is 2.83. The van der Waals surface area contributed by atoms with Crippen LogP contribution in [0.1, 0.15) is 22.1 Å². The van der Waals surface area contributed by atoms with Crippen LogP contribution >= 0.6 is 27.7 Å². The average molecular weight is 330 g/mol. The smallest absolute Gasteiger partial charge is 0.233 e. The number of benzene rings is 1. The minimum absolute atomic E-state index is 0.0769. The van der Waals surface area contributed by atoms with Crippen molar-refractivity contribution in [2.75, 3.05) is 17.6 Å². The van der Waals surface area contributed by atoms with Crippen LogP contribution in [0.5, 0.6) is 5.75 Å². The molecule has 2 rings (SSSR count). The fourth-order valence-corrected chi connectivity index (χ4v) is 3.77. The number of phenols is 1. The number of aromatic hydroxyl groups is 1. The molecule has 18 heavy (non-hydrogen) atoms. The summed E-state index contributed by atoms with van der Waals surface area (Å²) in [7, 11) is 0. The van der Waals surface area contributed by atoms with Crippen molar-refractivity contribution in [1.29, 1.82) is 0 Å². The van der Waals surface area contributed by atoms with Gasteiger partial charge in [0, 0.05) is 11.9 Å². The summed E-state index contributed by atoms with van der Waals surface area (Å²) in [5.74, 6) is 1.07. The van der Waals surface area contributed by atoms with Crippen LogP contribution in [0.4, 0.5) is 0 Å². The summed E-state index contributed by atoms with van der Waals surface area (Å²) in [6.07, 6.45) is 0. The molecule has 5 heteroatoms. The van der Waals surface area contributed by atoms with Crippen LogP contribution in [0.2, 0.25) is 0 Å². The van der Waals surface area contributed by atoms with Crippen LogP contribution in [-0.4, -0.2) is 33.5 Å². The molecule has 98 valence electrons. The third kappa shape index (κ3) is 2.52. The number of carbonyl (C=O) groups excluding carboxylic acids is 1. The SMILES string of the molecule is Cc1cc(C2SCC(=O)N2CCBr)cc(C)c1O. The molecule has 0 aliphatic carbocycles. The van der Waals surface area contributed by atoms with E-state index in [0.717, 1.165) is 28.6 Å². The molecule has 0 aromatic heterocycles. The van der Waals surface area contributed by atoms with E-state index in [0.29, 0.717) is 11.5 Å². The van der Waals surface area contributed by atoms with E-state index in [1.807, 2.05) is 30.9 Å². The van der Waals surface area contributed by atoms with Crippen molar-refractivity contribution in [2.45, 2.75) is 19.2 Å². The molecule has 1 fully saturated rings. The third-order valence-corrected chi connectivity index (χ3v) is 4.70. The summed E-state index contributed by atoms with van der Waals surface area (Å²) < 4.78 is 0. The lowest BCUT2D eigenvalue weighted by molar-refractivity contribution is -0.127. The molecule has 0 saturated carbocycles. The minimum Gasteiger partial charge on any atom is -0.507 e. The van der Waals surface area contributed by atoms with E-state index in [2.05, 4.69) is 15.9 Å². The van der Waals surface area contributed by atoms with Crippen molar-refractivity contribution in [3.8, 4) is 5.75 Å². The first kappa shape index (κ1) is 13.7. The van der Waals surface area contributed by atoms with Gasteiger partial charge in [-0.25, -0.2) is 0 Å². The molecule has 1 aliphatic rings. The van der Waals surface area contributed by atoms with Gasteiger partial charge in [-0.15, -0.1) is 11.8 Å². The number of carbonyl (C=O) groups is 1. The predicted molar refractivity (Wildman–Crippen MR) is 78.3 cm³/mol. The Kier molecular flexibility index (Phi) is 4.22. The van der Waals surface area contributed by atoms with E-state index in [1.54, 1.807) is 11.8 Å². The van der Waals surface area contributed by atoms with Crippen molar-refractivity contribution in [3.05, 3.63) is 28.8 Å². The van der Waals surface area contributed by atoms with E-state index >= 15 is 0 Å². The number of hydrogen-bond acceptors (Lipinski definition) is 3. The Balaban J connectivity index is 2.33. The number of aryl methyl sites for hydroxylation is 2. The standard InChI is InChI=1S/C13H16BrNO2S/c1-8-5-10(6-9(2)12(8)17)13-15(4-3-14)11(16)7-18-13/h5-6,13,17H,3-4,7H2,1-2H3. The lowest BCUT2D eigenvalue weighted by atomic mass is 10.1. The molecular weight excluding hydrogens is 314 g/mol. The van der Waals surface area contributed by atoms with E-state index < -0.39 is 0 Å². The van der Waals surface area contributed by atoms with Crippen molar-refractivity contribution in [3.63, 3.8) is 0 Å². The van der Waals surface area contributed by atoms with Gasteiger partial charge in [0.2, 0.25) is 5.91 Å². The second-order valence-corrected chi connectivity index (χ2v) is 6.30. The highest BCUT2D eigenvalue weighted by Crippen LogP contribution is 2.40. The highest BCUT2D eigenvalue weighted by atomic mass is 79.9. The van der Waals surface area contributed by atoms with Crippen LogP contribution in [0.15, 0.2) is 12.1 Å². The number of halogens is 1. The Bertz CT molecular complexity index is 455. The van der Waals surface area contributed by atoms with E-state index in [9.17, 15) is 9.90 Å². The Morgan fingerprint density at radius 2 is 2.06 bits per heavy atom. The third-order valence-electron chi connectivity index (χ3n) is 3.09. The number of rotatable bonds is 3. The Morgan fingerprint density at radius 3 is 2.61 bits per heavy atom. The Morgan fingerprint density at radius 1 is 1.44 bits per heavy atom. The molecule has 1 amide bonds. The summed E-state index contributed by atoms with van der Waals surface area (Å²) >= 11 is 5.03. The summed E-state index contributed by atoms with van der Waals surface area (Å²) in [6.45, 7) is 4.50. The maximum Gasteiger partial charge on any atom is 0.233 e. The van der Waals surface area contributed by atoms with Crippen LogP contribution in [0.25, 0.3) is 0 Å². The number of alkyl halides is 1. The van der Waals surface area contributed by atoms with Crippen LogP contribution in [0, 0.1) is 13.8 Å². The Labute approximate surface area is 120 Å². The molecule has 1 aliphatic heterocycles. The molecule has 0 spiro atoms. The lowest BCUT2D eigenvalue weighted by Crippen LogP contribution is -2.30. The van der Waals surface area contributed by atoms with Gasteiger partial charge in [-0.1, -0.05) is 15.9 Å². The molecule has 1 aromatic carbocycles. The molecule has 1 heterocycles. The molecule has 1 atom stereocenters. The fraction of sp³-hybridized carbons (Fsp3) is 0.462. The second-order valence-electron chi connectivity index (χ2n) is 4.44. The van der Waals surface area contributed by atoms with Gasteiger partial charge < -0.3 is 10.0 Å². The maximum absolute atomic E-state index is 11.8. The summed E-state index contributed by atoms with van der Waals surface area (Å²) in [4.78, 5) is 13.7. The number of thioether (sulfide) groups is 1. The number of nitrogens with zero attached hydrogens (tertiary/aromatic N) is 1. The highest BCUT2D eigenvalue weighted by Gasteiger charge is 2.32. The summed E-state index contributed by atoms with van der Waals surface area (Å²) in [6, 6.07) is 3.94. The normalized spacial score (nSPS) is 19.6. The minimum atomic E-state index is 0.0769. The van der Waals surface area contributed by atoms with E-state index in [1.165, 1.54) is 0 Å². The Hall–Kier alpha value is -0.680. The van der Waals surface area contributed by atoms with Gasteiger partial charge in [-0.05, 0) is 42.7 Å². The highest BCUT2D eigenvalue weighted by molar-refractivity contribution is 9.09. The number of hydrogen-bond donors (Lipinski definition) is 1. The first-order chi connectivity index (χ1) is 8.54. The maximum atomic E-state index is 11.8. The van der Waals surface area contributed by atoms with Gasteiger partial charge in [-0.3, -0.25) is 4.79 Å². The van der Waals surface area contributed by atoms with Crippen molar-refractivity contribution in [2.24, 2.45) is 0 Å². The molecule has 1 aromatic rings. The van der Waals surface area contributed by atoms with E-state index in [4.69, 9.17) is 0 Å². The van der Waals surface area contributed by atoms with Crippen LogP contribution in [-0.2, 0) is 4.79 Å². The lowest BCUT2D eigenvalue weighted by Gasteiger charge is -2.24. The monoisotopic (exact) mass is 329 g/mol. The fourth-order valence-electron chi connectivity index (χ4n) is 2.20. The molecule has 3 nitrogen and oxygen atoms in total. The molecule has 1 N–H and O–H groups in total. The zero-order chi connectivity index (χ0) is 13.3. The van der Waals surface area contributed by atoms with Gasteiger partial charge in [0.15, 0.2) is 0 Å². The second kappa shape index (κ2) is 5.53. The zero-order valence-electron chi connectivity index (χ0n) is 10.4. The summed E-state index contributed by atoms with van der Waals surface area (Å²) in [5, 5.41) is 10.7. The molecule has 0 bridgehead atoms. The molecular formula is C13H16BrNO2S. The van der Waals surface area contributed by atoms with Crippen molar-refractivity contribution >= 4 is 33.6 Å². The van der Waals surface area contributed by atoms with Crippen LogP contribution in [0.3, 0.4) is 0 Å².